The van der Waals surface area contributed by atoms with Crippen molar-refractivity contribution in [3.63, 3.8) is 0 Å². The monoisotopic (exact) mass is 486 g/mol. The van der Waals surface area contributed by atoms with Crippen molar-refractivity contribution in [3.05, 3.63) is 120 Å². The third-order valence-corrected chi connectivity index (χ3v) is 8.71. The van der Waals surface area contributed by atoms with Gasteiger partial charge in [0, 0.05) is 10.4 Å². The molecule has 0 saturated carbocycles. The minimum absolute atomic E-state index is 0.801. The molecule has 9 aromatic carbocycles. The van der Waals surface area contributed by atoms with Crippen molar-refractivity contribution in [1.82, 2.24) is 0 Å². The van der Waals surface area contributed by atoms with Gasteiger partial charge in [-0.3, -0.25) is 0 Å². The zero-order valence-electron chi connectivity index (χ0n) is 19.8. The highest BCUT2D eigenvalue weighted by Crippen LogP contribution is 2.48. The molecule has 0 heterocycles. The fraction of sp³-hybridized carbons (Fsp3) is 0. The summed E-state index contributed by atoms with van der Waals surface area (Å²) in [6.45, 7) is 0. The Morgan fingerprint density at radius 1 is 0.297 bits per heavy atom. The highest BCUT2D eigenvalue weighted by Gasteiger charge is 2.19. The molecule has 0 aliphatic carbocycles. The van der Waals surface area contributed by atoms with E-state index >= 15 is 0 Å². The Balaban J connectivity index is 1.71. The molecule has 0 aliphatic heterocycles. The molecule has 0 aliphatic rings. The molecule has 0 unspecified atom stereocenters. The molecule has 37 heavy (non-hydrogen) atoms. The number of rotatable bonds is 0. The lowest BCUT2D eigenvalue weighted by Gasteiger charge is -2.19. The van der Waals surface area contributed by atoms with Crippen molar-refractivity contribution < 1.29 is 0 Å². The Kier molecular flexibility index (Phi) is 3.67. The summed E-state index contributed by atoms with van der Waals surface area (Å²) in [6.07, 6.45) is 0. The van der Waals surface area contributed by atoms with Crippen LogP contribution in [-0.2, 0) is 0 Å². The second kappa shape index (κ2) is 6.88. The van der Waals surface area contributed by atoms with Gasteiger partial charge in [-0.15, -0.1) is 0 Å². The molecule has 9 aromatic rings. The minimum atomic E-state index is 0.801. The van der Waals surface area contributed by atoms with Crippen LogP contribution in [-0.4, -0.2) is 0 Å². The number of halogens is 1. The maximum atomic E-state index is 6.89. The summed E-state index contributed by atoms with van der Waals surface area (Å²) in [5.41, 5.74) is 0. The van der Waals surface area contributed by atoms with Gasteiger partial charge in [0.25, 0.3) is 0 Å². The summed E-state index contributed by atoms with van der Waals surface area (Å²) in [4.78, 5) is 0. The van der Waals surface area contributed by atoms with E-state index in [2.05, 4.69) is 103 Å². The van der Waals surface area contributed by atoms with E-state index in [1.807, 2.05) is 12.1 Å². The van der Waals surface area contributed by atoms with Gasteiger partial charge in [0.1, 0.15) is 0 Å². The Morgan fingerprint density at radius 2 is 0.838 bits per heavy atom. The summed E-state index contributed by atoms with van der Waals surface area (Å²) in [5.74, 6) is 0. The van der Waals surface area contributed by atoms with Crippen LogP contribution in [0.3, 0.4) is 0 Å². The van der Waals surface area contributed by atoms with Crippen LogP contribution < -0.4 is 0 Å². The molecule has 0 fully saturated rings. The Labute approximate surface area is 217 Å². The molecule has 170 valence electrons. The quantitative estimate of drug-likeness (QED) is 0.148. The minimum Gasteiger partial charge on any atom is -0.0836 e. The molecule has 0 aromatic heterocycles. The normalized spacial score (nSPS) is 12.5. The van der Waals surface area contributed by atoms with Crippen LogP contribution in [0.1, 0.15) is 0 Å². The van der Waals surface area contributed by atoms with E-state index in [0.717, 1.165) is 10.4 Å². The van der Waals surface area contributed by atoms with Crippen molar-refractivity contribution in [2.45, 2.75) is 0 Å². The van der Waals surface area contributed by atoms with Crippen LogP contribution in [0, 0.1) is 0 Å². The molecule has 0 spiro atoms. The van der Waals surface area contributed by atoms with E-state index in [1.54, 1.807) is 0 Å². The van der Waals surface area contributed by atoms with Crippen LogP contribution in [0.4, 0.5) is 0 Å². The second-order valence-electron chi connectivity index (χ2n) is 10.2. The van der Waals surface area contributed by atoms with Gasteiger partial charge < -0.3 is 0 Å². The Morgan fingerprint density at radius 3 is 1.73 bits per heavy atom. The third kappa shape index (κ3) is 2.44. The number of benzene rings is 9. The average Bonchev–Trinajstić information content (AvgIpc) is 2.94. The molecule has 1 heteroatoms. The van der Waals surface area contributed by atoms with Crippen LogP contribution >= 0.6 is 11.6 Å². The summed E-state index contributed by atoms with van der Waals surface area (Å²) >= 11 is 6.89. The standard InChI is InChI=1S/C36H19Cl/c37-32-13-5-9-22-15-17-26-30(34(22)32)19-29-24-16-14-20-6-1-2-10-23(20)28(24)18-31-25-11-3-7-21-8-4-12-27(33(21)25)35(26)36(29)31/h1-19H. The highest BCUT2D eigenvalue weighted by molar-refractivity contribution is 6.44. The molecule has 0 N–H and O–H groups in total. The van der Waals surface area contributed by atoms with Crippen molar-refractivity contribution in [2.24, 2.45) is 0 Å². The topological polar surface area (TPSA) is 0 Å². The largest absolute Gasteiger partial charge is 0.0836 e. The fourth-order valence-corrected chi connectivity index (χ4v) is 7.16. The van der Waals surface area contributed by atoms with Crippen molar-refractivity contribution in [1.29, 1.82) is 0 Å². The van der Waals surface area contributed by atoms with Crippen LogP contribution in [0.2, 0.25) is 5.02 Å². The van der Waals surface area contributed by atoms with Gasteiger partial charge in [-0.25, -0.2) is 0 Å². The van der Waals surface area contributed by atoms with Crippen LogP contribution in [0.5, 0.6) is 0 Å². The zero-order chi connectivity index (χ0) is 24.2. The molecular weight excluding hydrogens is 468 g/mol. The van der Waals surface area contributed by atoms with Crippen molar-refractivity contribution >= 4 is 97.8 Å². The van der Waals surface area contributed by atoms with E-state index in [0.29, 0.717) is 0 Å². The van der Waals surface area contributed by atoms with E-state index in [9.17, 15) is 0 Å². The van der Waals surface area contributed by atoms with Gasteiger partial charge in [-0.2, -0.15) is 0 Å². The SMILES string of the molecule is Clc1cccc2ccc3c(cc4c5ccc6ccccc6c5cc5c6cccc7cccc(c76)c3c45)c12. The summed E-state index contributed by atoms with van der Waals surface area (Å²) < 4.78 is 0. The van der Waals surface area contributed by atoms with E-state index in [4.69, 9.17) is 11.6 Å². The van der Waals surface area contributed by atoms with Gasteiger partial charge in [0.05, 0.1) is 0 Å². The molecule has 0 radical (unpaired) electrons. The predicted octanol–water partition coefficient (Wildman–Crippen LogP) is 11.0. The molecular formula is C36H19Cl. The van der Waals surface area contributed by atoms with Crippen LogP contribution in [0.15, 0.2) is 115 Å². The molecule has 0 bridgehead atoms. The first-order valence-electron chi connectivity index (χ1n) is 12.7. The van der Waals surface area contributed by atoms with Gasteiger partial charge in [-0.1, -0.05) is 109 Å². The smallest absolute Gasteiger partial charge is 0.0490 e. The summed E-state index contributed by atoms with van der Waals surface area (Å²) in [5, 5.41) is 21.2. The predicted molar refractivity (Wildman–Crippen MR) is 163 cm³/mol. The summed E-state index contributed by atoms with van der Waals surface area (Å²) in [7, 11) is 0. The first kappa shape index (κ1) is 19.8. The lowest BCUT2D eigenvalue weighted by atomic mass is 9.84. The third-order valence-electron chi connectivity index (χ3n) is 8.40. The molecule has 9 rings (SSSR count). The Hall–Kier alpha value is -4.39. The lowest BCUT2D eigenvalue weighted by Crippen LogP contribution is -1.91. The number of fused-ring (bicyclic) bond motifs is 10. The lowest BCUT2D eigenvalue weighted by molar-refractivity contribution is 1.79. The first-order valence-corrected chi connectivity index (χ1v) is 13.1. The molecule has 0 nitrogen and oxygen atoms in total. The average molecular weight is 487 g/mol. The first-order chi connectivity index (χ1) is 18.3. The fourth-order valence-electron chi connectivity index (χ4n) is 6.88. The molecule has 0 amide bonds. The van der Waals surface area contributed by atoms with E-state index in [-0.39, 0.29) is 0 Å². The van der Waals surface area contributed by atoms with Gasteiger partial charge >= 0.3 is 0 Å². The summed E-state index contributed by atoms with van der Waals surface area (Å²) in [6, 6.07) is 42.3. The molecule has 0 atom stereocenters. The van der Waals surface area contributed by atoms with Gasteiger partial charge in [0.15, 0.2) is 0 Å². The van der Waals surface area contributed by atoms with Crippen molar-refractivity contribution in [2.75, 3.05) is 0 Å². The van der Waals surface area contributed by atoms with Crippen molar-refractivity contribution in [3.8, 4) is 0 Å². The van der Waals surface area contributed by atoms with E-state index in [1.165, 1.54) is 80.8 Å². The molecule has 0 saturated heterocycles. The number of hydrogen-bond donors (Lipinski definition) is 0. The van der Waals surface area contributed by atoms with Gasteiger partial charge in [0.2, 0.25) is 0 Å². The highest BCUT2D eigenvalue weighted by atomic mass is 35.5. The van der Waals surface area contributed by atoms with Gasteiger partial charge in [-0.05, 0) is 99.0 Å². The maximum Gasteiger partial charge on any atom is 0.0490 e. The zero-order valence-corrected chi connectivity index (χ0v) is 20.6. The maximum absolute atomic E-state index is 6.89. The number of hydrogen-bond acceptors (Lipinski definition) is 0. The van der Waals surface area contributed by atoms with Crippen LogP contribution in [0.25, 0.3) is 86.2 Å². The second-order valence-corrected chi connectivity index (χ2v) is 10.6. The Bertz CT molecular complexity index is 2410. The van der Waals surface area contributed by atoms with E-state index < -0.39 is 0 Å².